The van der Waals surface area contributed by atoms with Gasteiger partial charge in [0.25, 0.3) is 0 Å². The molecule has 4 aromatic rings. The number of anilines is 1. The molecule has 1 fully saturated rings. The van der Waals surface area contributed by atoms with Crippen LogP contribution in [0, 0.1) is 19.7 Å². The molecule has 0 bridgehead atoms. The van der Waals surface area contributed by atoms with E-state index in [1.54, 1.807) is 17.0 Å². The highest BCUT2D eigenvalue weighted by atomic mass is 19.1. The minimum absolute atomic E-state index is 0.00698. The summed E-state index contributed by atoms with van der Waals surface area (Å²) in [5.41, 5.74) is 4.88. The Morgan fingerprint density at radius 3 is 2.76 bits per heavy atom. The third-order valence-corrected chi connectivity index (χ3v) is 6.42. The fraction of sp³-hybridized carbons (Fsp3) is 0.286. The van der Waals surface area contributed by atoms with Gasteiger partial charge in [-0.15, -0.1) is 0 Å². The Hall–Kier alpha value is -3.67. The minimum Gasteiger partial charge on any atom is -0.493 e. The van der Waals surface area contributed by atoms with E-state index >= 15 is 0 Å². The summed E-state index contributed by atoms with van der Waals surface area (Å²) < 4.78 is 22.0. The first kappa shape index (κ1) is 22.1. The number of carbonyl (C=O) groups is 1. The zero-order valence-electron chi connectivity index (χ0n) is 19.5. The summed E-state index contributed by atoms with van der Waals surface area (Å²) in [4.78, 5) is 19.4. The minimum atomic E-state index is -0.343. The zero-order valence-corrected chi connectivity index (χ0v) is 19.5. The molecule has 1 aliphatic heterocycles. The molecule has 0 spiro atoms. The number of hydrogen-bond donors (Lipinski definition) is 0. The normalized spacial score (nSPS) is 15.9. The van der Waals surface area contributed by atoms with Crippen LogP contribution in [0.5, 0.6) is 5.75 Å². The molecule has 1 aliphatic rings. The average Bonchev–Trinajstić information content (AvgIpc) is 3.39. The van der Waals surface area contributed by atoms with Crippen LogP contribution in [0.1, 0.15) is 35.7 Å². The SMILES string of the molecule is Cc1ccc(C)c(OCCCn2c(C3CC(=O)N(c4cccc(F)c4)C3)nc3ccccc32)c1. The van der Waals surface area contributed by atoms with Gasteiger partial charge in [-0.05, 0) is 67.8 Å². The Balaban J connectivity index is 1.35. The second kappa shape index (κ2) is 9.29. The van der Waals surface area contributed by atoms with Gasteiger partial charge in [-0.3, -0.25) is 4.79 Å². The number of carbonyl (C=O) groups excluding carboxylic acids is 1. The van der Waals surface area contributed by atoms with Crippen LogP contribution < -0.4 is 9.64 Å². The van der Waals surface area contributed by atoms with Crippen molar-refractivity contribution in [1.82, 2.24) is 9.55 Å². The maximum atomic E-state index is 13.7. The third-order valence-electron chi connectivity index (χ3n) is 6.42. The van der Waals surface area contributed by atoms with Crippen molar-refractivity contribution in [3.8, 4) is 5.75 Å². The van der Waals surface area contributed by atoms with Crippen LogP contribution in [0.2, 0.25) is 0 Å². The second-order valence-corrected chi connectivity index (χ2v) is 8.97. The second-order valence-electron chi connectivity index (χ2n) is 8.97. The first-order valence-electron chi connectivity index (χ1n) is 11.7. The standard InChI is InChI=1S/C28H28FN3O2/c1-19-11-12-20(2)26(15-19)34-14-6-13-31-25-10-4-3-9-24(25)30-28(31)21-16-27(33)32(18-21)23-8-5-7-22(29)17-23/h3-5,7-12,15,17,21H,6,13-14,16,18H2,1-2H3. The van der Waals surface area contributed by atoms with E-state index in [1.807, 2.05) is 18.2 Å². The Kier molecular flexibility index (Phi) is 6.05. The van der Waals surface area contributed by atoms with Crippen molar-refractivity contribution < 1.29 is 13.9 Å². The molecule has 1 saturated heterocycles. The highest BCUT2D eigenvalue weighted by Crippen LogP contribution is 2.33. The van der Waals surface area contributed by atoms with Gasteiger partial charge in [0.15, 0.2) is 0 Å². The molecule has 0 aliphatic carbocycles. The van der Waals surface area contributed by atoms with Crippen LogP contribution in [0.25, 0.3) is 11.0 Å². The van der Waals surface area contributed by atoms with E-state index < -0.39 is 0 Å². The van der Waals surface area contributed by atoms with E-state index in [-0.39, 0.29) is 17.6 Å². The lowest BCUT2D eigenvalue weighted by Gasteiger charge is -2.17. The smallest absolute Gasteiger partial charge is 0.227 e. The van der Waals surface area contributed by atoms with Crippen molar-refractivity contribution in [1.29, 1.82) is 0 Å². The van der Waals surface area contributed by atoms with Crippen LogP contribution in [0.15, 0.2) is 66.7 Å². The Bertz CT molecular complexity index is 1350. The first-order chi connectivity index (χ1) is 16.5. The number of para-hydroxylation sites is 2. The molecular formula is C28H28FN3O2. The fourth-order valence-electron chi connectivity index (χ4n) is 4.68. The number of amides is 1. The van der Waals surface area contributed by atoms with Gasteiger partial charge < -0.3 is 14.2 Å². The van der Waals surface area contributed by atoms with Gasteiger partial charge >= 0.3 is 0 Å². The molecule has 174 valence electrons. The molecule has 0 N–H and O–H groups in total. The molecule has 3 aromatic carbocycles. The number of halogens is 1. The molecule has 34 heavy (non-hydrogen) atoms. The molecule has 2 heterocycles. The van der Waals surface area contributed by atoms with E-state index in [0.29, 0.717) is 25.3 Å². The Morgan fingerprint density at radius 1 is 1.06 bits per heavy atom. The van der Waals surface area contributed by atoms with Crippen molar-refractivity contribution in [2.75, 3.05) is 18.1 Å². The molecule has 0 saturated carbocycles. The molecule has 1 aromatic heterocycles. The summed E-state index contributed by atoms with van der Waals surface area (Å²) in [5.74, 6) is 1.42. The molecular weight excluding hydrogens is 429 g/mol. The molecule has 1 unspecified atom stereocenters. The summed E-state index contributed by atoms with van der Waals surface area (Å²) in [5, 5.41) is 0. The maximum Gasteiger partial charge on any atom is 0.227 e. The predicted octanol–water partition coefficient (Wildman–Crippen LogP) is 5.78. The van der Waals surface area contributed by atoms with Crippen LogP contribution in [-0.2, 0) is 11.3 Å². The number of aryl methyl sites for hydroxylation is 3. The molecule has 1 amide bonds. The summed E-state index contributed by atoms with van der Waals surface area (Å²) in [6.45, 7) is 5.94. The van der Waals surface area contributed by atoms with Gasteiger partial charge in [-0.25, -0.2) is 9.37 Å². The number of fused-ring (bicyclic) bond motifs is 1. The maximum absolute atomic E-state index is 13.7. The predicted molar refractivity (Wildman–Crippen MR) is 132 cm³/mol. The van der Waals surface area contributed by atoms with E-state index in [0.717, 1.165) is 41.1 Å². The lowest BCUT2D eigenvalue weighted by atomic mass is 10.1. The molecule has 5 nitrogen and oxygen atoms in total. The van der Waals surface area contributed by atoms with Crippen LogP contribution in [0.3, 0.4) is 0 Å². The average molecular weight is 458 g/mol. The van der Waals surface area contributed by atoms with Crippen LogP contribution >= 0.6 is 0 Å². The van der Waals surface area contributed by atoms with Crippen LogP contribution in [0.4, 0.5) is 10.1 Å². The quantitative estimate of drug-likeness (QED) is 0.331. The fourth-order valence-corrected chi connectivity index (χ4v) is 4.68. The Morgan fingerprint density at radius 2 is 1.91 bits per heavy atom. The van der Waals surface area contributed by atoms with Gasteiger partial charge in [-0.1, -0.05) is 30.3 Å². The monoisotopic (exact) mass is 457 g/mol. The van der Waals surface area contributed by atoms with Crippen LogP contribution in [-0.4, -0.2) is 28.6 Å². The topological polar surface area (TPSA) is 47.4 Å². The van der Waals surface area contributed by atoms with E-state index in [1.165, 1.54) is 17.7 Å². The van der Waals surface area contributed by atoms with Gasteiger partial charge in [0.1, 0.15) is 17.4 Å². The summed E-state index contributed by atoms with van der Waals surface area (Å²) in [7, 11) is 0. The number of nitrogens with zero attached hydrogens (tertiary/aromatic N) is 3. The van der Waals surface area contributed by atoms with Gasteiger partial charge in [0, 0.05) is 31.1 Å². The highest BCUT2D eigenvalue weighted by Gasteiger charge is 2.34. The van der Waals surface area contributed by atoms with Crippen molar-refractivity contribution in [3.63, 3.8) is 0 Å². The molecule has 1 atom stereocenters. The van der Waals surface area contributed by atoms with Crippen molar-refractivity contribution in [2.45, 2.75) is 39.2 Å². The first-order valence-corrected chi connectivity index (χ1v) is 11.7. The zero-order chi connectivity index (χ0) is 23.7. The molecule has 6 heteroatoms. The number of imidazole rings is 1. The van der Waals surface area contributed by atoms with Gasteiger partial charge in [0.05, 0.1) is 17.6 Å². The van der Waals surface area contributed by atoms with Gasteiger partial charge in [-0.2, -0.15) is 0 Å². The van der Waals surface area contributed by atoms with Crippen molar-refractivity contribution in [2.24, 2.45) is 0 Å². The van der Waals surface area contributed by atoms with E-state index in [4.69, 9.17) is 9.72 Å². The number of aromatic nitrogens is 2. The molecule has 0 radical (unpaired) electrons. The summed E-state index contributed by atoms with van der Waals surface area (Å²) >= 11 is 0. The summed E-state index contributed by atoms with van der Waals surface area (Å²) in [6, 6.07) is 20.5. The van der Waals surface area contributed by atoms with Crippen molar-refractivity contribution in [3.05, 3.63) is 89.5 Å². The number of benzene rings is 3. The number of ether oxygens (including phenoxy) is 1. The molecule has 5 rings (SSSR count). The lowest BCUT2D eigenvalue weighted by molar-refractivity contribution is -0.117. The lowest BCUT2D eigenvalue weighted by Crippen LogP contribution is -2.24. The van der Waals surface area contributed by atoms with E-state index in [9.17, 15) is 9.18 Å². The van der Waals surface area contributed by atoms with E-state index in [2.05, 4.69) is 42.7 Å². The number of rotatable bonds is 7. The summed E-state index contributed by atoms with van der Waals surface area (Å²) in [6.07, 6.45) is 1.17. The van der Waals surface area contributed by atoms with Gasteiger partial charge in [0.2, 0.25) is 5.91 Å². The largest absolute Gasteiger partial charge is 0.493 e. The number of hydrogen-bond acceptors (Lipinski definition) is 3. The third kappa shape index (κ3) is 4.40. The Labute approximate surface area is 198 Å². The van der Waals surface area contributed by atoms with Crippen molar-refractivity contribution >= 4 is 22.6 Å². The highest BCUT2D eigenvalue weighted by molar-refractivity contribution is 5.96.